The first kappa shape index (κ1) is 25.3. The average Bonchev–Trinajstić information content (AvgIpc) is 3.19. The van der Waals surface area contributed by atoms with Crippen molar-refractivity contribution in [3.8, 4) is 11.8 Å². The number of likely N-dealkylation sites (tertiary alicyclic amines) is 1. The fourth-order valence-corrected chi connectivity index (χ4v) is 5.42. The van der Waals surface area contributed by atoms with Crippen LogP contribution in [-0.4, -0.2) is 49.4 Å². The molecule has 0 unspecified atom stereocenters. The molecule has 1 aliphatic heterocycles. The lowest BCUT2D eigenvalue weighted by molar-refractivity contribution is -0.136. The molecule has 7 heteroatoms. The fourth-order valence-electron chi connectivity index (χ4n) is 4.50. The zero-order valence-electron chi connectivity index (χ0n) is 20.7. The van der Waals surface area contributed by atoms with E-state index in [1.807, 2.05) is 20.8 Å². The first-order valence-corrected chi connectivity index (χ1v) is 12.7. The Morgan fingerprint density at radius 2 is 1.85 bits per heavy atom. The van der Waals surface area contributed by atoms with Crippen molar-refractivity contribution in [2.24, 2.45) is 17.3 Å². The van der Waals surface area contributed by atoms with Gasteiger partial charge in [0, 0.05) is 24.9 Å². The fraction of sp³-hybridized carbons (Fsp3) is 0.654. The SMILES string of the molecule is COC(=O)c1sc(C#CC(C)(C)C)cc1N(C(=O)[C@H]1CC[C@H](C)CC1)[C@H]1CCCN(C)C1=O. The predicted molar refractivity (Wildman–Crippen MR) is 131 cm³/mol. The van der Waals surface area contributed by atoms with Gasteiger partial charge in [-0.25, -0.2) is 4.79 Å². The minimum Gasteiger partial charge on any atom is -0.465 e. The standard InChI is InChI=1S/C26H36N2O4S/c1-17-9-11-18(12-10-17)23(29)28(20-8-7-15-27(5)24(20)30)21-16-19(13-14-26(2,3)4)33-22(21)25(31)32-6/h16-18,20H,7-12,15H2,1-6H3/t17-,18-,20-/m0/s1. The number of carbonyl (C=O) groups excluding carboxylic acids is 3. The molecule has 0 bridgehead atoms. The number of amides is 2. The van der Waals surface area contributed by atoms with Crippen LogP contribution < -0.4 is 4.90 Å². The van der Waals surface area contributed by atoms with Crippen molar-refractivity contribution < 1.29 is 19.1 Å². The van der Waals surface area contributed by atoms with Crippen LogP contribution in [0, 0.1) is 29.1 Å². The van der Waals surface area contributed by atoms with Gasteiger partial charge in [0.2, 0.25) is 11.8 Å². The quantitative estimate of drug-likeness (QED) is 0.470. The number of anilines is 1. The Morgan fingerprint density at radius 1 is 1.18 bits per heavy atom. The molecule has 3 rings (SSSR count). The number of rotatable bonds is 4. The summed E-state index contributed by atoms with van der Waals surface area (Å²) in [5.74, 6) is 6.17. The second kappa shape index (κ2) is 10.3. The van der Waals surface area contributed by atoms with Gasteiger partial charge in [0.15, 0.2) is 0 Å². The first-order chi connectivity index (χ1) is 15.5. The Labute approximate surface area is 201 Å². The van der Waals surface area contributed by atoms with Gasteiger partial charge < -0.3 is 9.64 Å². The number of ether oxygens (including phenoxy) is 1. The van der Waals surface area contributed by atoms with Gasteiger partial charge in [-0.2, -0.15) is 0 Å². The maximum Gasteiger partial charge on any atom is 0.350 e. The van der Waals surface area contributed by atoms with E-state index in [-0.39, 0.29) is 23.1 Å². The van der Waals surface area contributed by atoms with E-state index >= 15 is 0 Å². The van der Waals surface area contributed by atoms with Crippen LogP contribution in [0.1, 0.15) is 80.8 Å². The highest BCUT2D eigenvalue weighted by Crippen LogP contribution is 2.38. The zero-order valence-corrected chi connectivity index (χ0v) is 21.5. The minimum atomic E-state index is -0.614. The molecule has 2 heterocycles. The lowest BCUT2D eigenvalue weighted by Crippen LogP contribution is -2.55. The maximum atomic E-state index is 13.9. The highest BCUT2D eigenvalue weighted by molar-refractivity contribution is 7.15. The van der Waals surface area contributed by atoms with E-state index in [2.05, 4.69) is 18.8 Å². The van der Waals surface area contributed by atoms with Gasteiger partial charge in [-0.05, 0) is 71.3 Å². The molecular formula is C26H36N2O4S. The van der Waals surface area contributed by atoms with Crippen LogP contribution in [0.5, 0.6) is 0 Å². The molecule has 0 radical (unpaired) electrons. The van der Waals surface area contributed by atoms with Gasteiger partial charge in [0.05, 0.1) is 17.7 Å². The maximum absolute atomic E-state index is 13.9. The number of esters is 1. The zero-order chi connectivity index (χ0) is 24.3. The van der Waals surface area contributed by atoms with Crippen LogP contribution >= 0.6 is 11.3 Å². The topological polar surface area (TPSA) is 66.9 Å². The Kier molecular flexibility index (Phi) is 7.89. The molecule has 0 spiro atoms. The van der Waals surface area contributed by atoms with Gasteiger partial charge in [0.1, 0.15) is 10.9 Å². The molecule has 1 atom stereocenters. The average molecular weight is 473 g/mol. The van der Waals surface area contributed by atoms with Crippen molar-refractivity contribution in [3.63, 3.8) is 0 Å². The van der Waals surface area contributed by atoms with E-state index in [1.54, 1.807) is 22.9 Å². The summed E-state index contributed by atoms with van der Waals surface area (Å²) < 4.78 is 5.05. The van der Waals surface area contributed by atoms with E-state index in [0.717, 1.165) is 32.1 Å². The third-order valence-electron chi connectivity index (χ3n) is 6.45. The molecule has 0 aromatic carbocycles. The molecule has 2 amide bonds. The van der Waals surface area contributed by atoms with Crippen molar-refractivity contribution in [2.75, 3.05) is 25.6 Å². The van der Waals surface area contributed by atoms with Crippen molar-refractivity contribution in [1.82, 2.24) is 4.90 Å². The van der Waals surface area contributed by atoms with Gasteiger partial charge in [-0.3, -0.25) is 14.5 Å². The van der Waals surface area contributed by atoms with E-state index < -0.39 is 12.0 Å². The molecule has 1 aromatic heterocycles. The number of nitrogens with zero attached hydrogens (tertiary/aromatic N) is 2. The Morgan fingerprint density at radius 3 is 2.45 bits per heavy atom. The number of methoxy groups -OCH3 is 1. The van der Waals surface area contributed by atoms with E-state index in [0.29, 0.717) is 34.3 Å². The van der Waals surface area contributed by atoms with Crippen molar-refractivity contribution in [1.29, 1.82) is 0 Å². The number of thiophene rings is 1. The summed E-state index contributed by atoms with van der Waals surface area (Å²) in [5.41, 5.74) is 0.258. The van der Waals surface area contributed by atoms with Gasteiger partial charge in [-0.1, -0.05) is 18.8 Å². The van der Waals surface area contributed by atoms with Crippen molar-refractivity contribution in [2.45, 2.75) is 72.3 Å². The molecule has 2 fully saturated rings. The van der Waals surface area contributed by atoms with Gasteiger partial charge >= 0.3 is 5.97 Å². The van der Waals surface area contributed by atoms with Crippen LogP contribution in [0.3, 0.4) is 0 Å². The molecule has 180 valence electrons. The lowest BCUT2D eigenvalue weighted by Gasteiger charge is -2.39. The normalized spacial score (nSPS) is 23.5. The predicted octanol–water partition coefficient (Wildman–Crippen LogP) is 4.71. The van der Waals surface area contributed by atoms with Crippen LogP contribution in [0.2, 0.25) is 0 Å². The molecule has 1 saturated carbocycles. The third-order valence-corrected chi connectivity index (χ3v) is 7.47. The summed E-state index contributed by atoms with van der Waals surface area (Å²) in [6, 6.07) is 1.18. The van der Waals surface area contributed by atoms with Crippen LogP contribution in [-0.2, 0) is 14.3 Å². The van der Waals surface area contributed by atoms with Gasteiger partial charge in [-0.15, -0.1) is 11.3 Å². The number of likely N-dealkylation sites (N-methyl/N-ethyl adjacent to an activating group) is 1. The molecule has 2 aliphatic rings. The van der Waals surface area contributed by atoms with Crippen LogP contribution in [0.25, 0.3) is 0 Å². The Balaban J connectivity index is 2.09. The van der Waals surface area contributed by atoms with E-state index in [9.17, 15) is 14.4 Å². The van der Waals surface area contributed by atoms with Crippen LogP contribution in [0.4, 0.5) is 5.69 Å². The first-order valence-electron chi connectivity index (χ1n) is 11.8. The van der Waals surface area contributed by atoms with Crippen molar-refractivity contribution in [3.05, 3.63) is 15.8 Å². The minimum absolute atomic E-state index is 0.0613. The molecule has 6 nitrogen and oxygen atoms in total. The molecule has 1 aliphatic carbocycles. The number of carbonyl (C=O) groups is 3. The summed E-state index contributed by atoms with van der Waals surface area (Å²) in [5, 5.41) is 0. The Hall–Kier alpha value is -2.33. The number of piperidine rings is 1. The van der Waals surface area contributed by atoms with Crippen LogP contribution in [0.15, 0.2) is 6.07 Å². The van der Waals surface area contributed by atoms with E-state index in [1.165, 1.54) is 18.4 Å². The summed E-state index contributed by atoms with van der Waals surface area (Å²) >= 11 is 1.22. The number of hydrogen-bond donors (Lipinski definition) is 0. The lowest BCUT2D eigenvalue weighted by atomic mass is 9.82. The summed E-state index contributed by atoms with van der Waals surface area (Å²) in [7, 11) is 3.11. The smallest absolute Gasteiger partial charge is 0.350 e. The molecular weight excluding hydrogens is 436 g/mol. The molecule has 33 heavy (non-hydrogen) atoms. The highest BCUT2D eigenvalue weighted by Gasteiger charge is 2.41. The second-order valence-electron chi connectivity index (χ2n) is 10.4. The molecule has 1 saturated heterocycles. The molecule has 0 N–H and O–H groups in total. The molecule has 1 aromatic rings. The monoisotopic (exact) mass is 472 g/mol. The third kappa shape index (κ3) is 5.97. The summed E-state index contributed by atoms with van der Waals surface area (Å²) in [6.45, 7) is 8.95. The Bertz CT molecular complexity index is 957. The second-order valence-corrected chi connectivity index (χ2v) is 11.5. The largest absolute Gasteiger partial charge is 0.465 e. The summed E-state index contributed by atoms with van der Waals surface area (Å²) in [6.07, 6.45) is 5.00. The van der Waals surface area contributed by atoms with Crippen molar-refractivity contribution >= 4 is 34.8 Å². The highest BCUT2D eigenvalue weighted by atomic mass is 32.1. The number of hydrogen-bond acceptors (Lipinski definition) is 5. The van der Waals surface area contributed by atoms with E-state index in [4.69, 9.17) is 4.74 Å². The summed E-state index contributed by atoms with van der Waals surface area (Å²) in [4.78, 5) is 44.1. The van der Waals surface area contributed by atoms with Gasteiger partial charge in [0.25, 0.3) is 0 Å².